The lowest BCUT2D eigenvalue weighted by molar-refractivity contribution is -0.133. The minimum atomic E-state index is -1.00. The van der Waals surface area contributed by atoms with Gasteiger partial charge in [0.25, 0.3) is 5.91 Å². The van der Waals surface area contributed by atoms with Gasteiger partial charge in [-0.15, -0.1) is 0 Å². The third-order valence-electron chi connectivity index (χ3n) is 4.95. The van der Waals surface area contributed by atoms with E-state index in [9.17, 15) is 18.8 Å². The molecule has 0 aliphatic heterocycles. The van der Waals surface area contributed by atoms with Crippen LogP contribution in [0.4, 0.5) is 15.8 Å². The number of rotatable bonds is 4. The average molecular weight is 588 g/mol. The SMILES string of the molecule is Cc1cc(Br)ccc1NC(=O)c1cc2cc(Br)ccc2n1NC(=O)C(=O)Nc1ccc(F)cc1. The summed E-state index contributed by atoms with van der Waals surface area (Å²) in [5, 5.41) is 5.91. The Bertz CT molecular complexity index is 1430. The van der Waals surface area contributed by atoms with Crippen LogP contribution in [0.2, 0.25) is 0 Å². The van der Waals surface area contributed by atoms with Crippen molar-refractivity contribution in [2.24, 2.45) is 0 Å². The number of nitrogens with one attached hydrogen (secondary N) is 3. The number of aromatic nitrogens is 1. The first kappa shape index (κ1) is 23.7. The molecule has 0 aliphatic carbocycles. The molecule has 0 atom stereocenters. The van der Waals surface area contributed by atoms with E-state index in [0.717, 1.165) is 26.6 Å². The van der Waals surface area contributed by atoms with E-state index in [1.165, 1.54) is 16.8 Å². The van der Waals surface area contributed by atoms with Crippen molar-refractivity contribution in [3.8, 4) is 0 Å². The number of benzene rings is 3. The second kappa shape index (κ2) is 9.78. The zero-order chi connectivity index (χ0) is 24.4. The monoisotopic (exact) mass is 586 g/mol. The van der Waals surface area contributed by atoms with Crippen LogP contribution in [0.25, 0.3) is 10.9 Å². The molecule has 7 nitrogen and oxygen atoms in total. The Hall–Kier alpha value is -3.50. The van der Waals surface area contributed by atoms with Gasteiger partial charge in [-0.2, -0.15) is 0 Å². The third-order valence-corrected chi connectivity index (χ3v) is 5.94. The third kappa shape index (κ3) is 5.18. The first-order valence-corrected chi connectivity index (χ1v) is 11.6. The van der Waals surface area contributed by atoms with Crippen LogP contribution < -0.4 is 16.1 Å². The normalized spacial score (nSPS) is 10.7. The number of anilines is 2. The van der Waals surface area contributed by atoms with Crippen LogP contribution in [0, 0.1) is 12.7 Å². The Kier molecular flexibility index (Phi) is 6.80. The summed E-state index contributed by atoms with van der Waals surface area (Å²) in [5.41, 5.74) is 4.83. The van der Waals surface area contributed by atoms with Crippen molar-refractivity contribution in [3.05, 3.63) is 92.8 Å². The lowest BCUT2D eigenvalue weighted by Gasteiger charge is -2.13. The number of hydrogen-bond donors (Lipinski definition) is 3. The minimum Gasteiger partial charge on any atom is -0.320 e. The van der Waals surface area contributed by atoms with E-state index in [2.05, 4.69) is 47.9 Å². The highest BCUT2D eigenvalue weighted by Gasteiger charge is 2.21. The molecule has 3 N–H and O–H groups in total. The summed E-state index contributed by atoms with van der Waals surface area (Å²) >= 11 is 6.79. The van der Waals surface area contributed by atoms with Crippen molar-refractivity contribution in [2.75, 3.05) is 16.1 Å². The Morgan fingerprint density at radius 2 is 1.50 bits per heavy atom. The van der Waals surface area contributed by atoms with Crippen LogP contribution in [0.5, 0.6) is 0 Å². The number of hydrogen-bond acceptors (Lipinski definition) is 3. The molecule has 4 rings (SSSR count). The lowest BCUT2D eigenvalue weighted by atomic mass is 10.2. The van der Waals surface area contributed by atoms with Crippen molar-refractivity contribution in [3.63, 3.8) is 0 Å². The van der Waals surface area contributed by atoms with Crippen LogP contribution in [-0.4, -0.2) is 22.4 Å². The highest BCUT2D eigenvalue weighted by atomic mass is 79.9. The summed E-state index contributed by atoms with van der Waals surface area (Å²) in [4.78, 5) is 38.2. The average Bonchev–Trinajstić information content (AvgIpc) is 3.14. The van der Waals surface area contributed by atoms with Gasteiger partial charge in [0.2, 0.25) is 0 Å². The number of fused-ring (bicyclic) bond motifs is 1. The van der Waals surface area contributed by atoms with Crippen LogP contribution in [0.1, 0.15) is 16.1 Å². The smallest absolute Gasteiger partial charge is 0.320 e. The number of amides is 3. The van der Waals surface area contributed by atoms with Gasteiger partial charge in [0.15, 0.2) is 0 Å². The zero-order valence-corrected chi connectivity index (χ0v) is 20.8. The molecule has 1 heterocycles. The fourth-order valence-electron chi connectivity index (χ4n) is 3.30. The summed E-state index contributed by atoms with van der Waals surface area (Å²) in [5.74, 6) is -2.92. The quantitative estimate of drug-likeness (QED) is 0.272. The van der Waals surface area contributed by atoms with Crippen molar-refractivity contribution >= 4 is 71.9 Å². The fraction of sp³-hybridized carbons (Fsp3) is 0.0417. The van der Waals surface area contributed by atoms with Gasteiger partial charge in [0.05, 0.1) is 5.52 Å². The van der Waals surface area contributed by atoms with Gasteiger partial charge in [-0.1, -0.05) is 31.9 Å². The van der Waals surface area contributed by atoms with Gasteiger partial charge < -0.3 is 10.6 Å². The summed E-state index contributed by atoms with van der Waals surface area (Å²) in [6, 6.07) is 17.3. The first-order valence-electron chi connectivity index (χ1n) is 9.97. The molecule has 0 fully saturated rings. The standard InChI is InChI=1S/C24H17Br2FN4O3/c1-13-10-15(25)2-8-19(13)29-22(32)21-12-14-11-16(26)3-9-20(14)31(21)30-24(34)23(33)28-18-6-4-17(27)5-7-18/h2-12H,1H3,(H,28,33)(H,29,32)(H,30,34). The van der Waals surface area contributed by atoms with E-state index in [-0.39, 0.29) is 11.4 Å². The Balaban J connectivity index is 1.63. The van der Waals surface area contributed by atoms with Crippen LogP contribution in [0.3, 0.4) is 0 Å². The predicted octanol–water partition coefficient (Wildman–Crippen LogP) is 5.57. The summed E-state index contributed by atoms with van der Waals surface area (Å²) in [6.45, 7) is 1.86. The second-order valence-corrected chi connectivity index (χ2v) is 9.21. The minimum absolute atomic E-state index is 0.123. The molecule has 3 aromatic carbocycles. The Morgan fingerprint density at radius 1 is 0.824 bits per heavy atom. The van der Waals surface area contributed by atoms with Gasteiger partial charge in [-0.3, -0.25) is 19.8 Å². The first-order chi connectivity index (χ1) is 16.2. The Morgan fingerprint density at radius 3 is 2.21 bits per heavy atom. The van der Waals surface area contributed by atoms with Crippen molar-refractivity contribution in [1.82, 2.24) is 4.68 Å². The van der Waals surface area contributed by atoms with E-state index < -0.39 is 23.5 Å². The van der Waals surface area contributed by atoms with Crippen LogP contribution >= 0.6 is 31.9 Å². The molecular weight excluding hydrogens is 571 g/mol. The highest BCUT2D eigenvalue weighted by Crippen LogP contribution is 2.25. The molecular formula is C24H17Br2FN4O3. The number of carbonyl (C=O) groups excluding carboxylic acids is 3. The maximum absolute atomic E-state index is 13.2. The molecule has 34 heavy (non-hydrogen) atoms. The maximum Gasteiger partial charge on any atom is 0.328 e. The summed E-state index contributed by atoms with van der Waals surface area (Å²) in [7, 11) is 0. The number of aryl methyl sites for hydroxylation is 1. The maximum atomic E-state index is 13.2. The Labute approximate surface area is 210 Å². The van der Waals surface area contributed by atoms with E-state index in [1.807, 2.05) is 13.0 Å². The second-order valence-electron chi connectivity index (χ2n) is 7.38. The molecule has 3 amide bonds. The highest BCUT2D eigenvalue weighted by molar-refractivity contribution is 9.10. The summed E-state index contributed by atoms with van der Waals surface area (Å²) in [6.07, 6.45) is 0. The molecule has 0 bridgehead atoms. The molecule has 1 aromatic heterocycles. The van der Waals surface area contributed by atoms with E-state index in [0.29, 0.717) is 16.6 Å². The zero-order valence-electron chi connectivity index (χ0n) is 17.7. The van der Waals surface area contributed by atoms with Crippen molar-refractivity contribution in [2.45, 2.75) is 6.92 Å². The molecule has 0 unspecified atom stereocenters. The predicted molar refractivity (Wildman–Crippen MR) is 136 cm³/mol. The number of halogens is 3. The number of nitrogens with zero attached hydrogens (tertiary/aromatic N) is 1. The lowest BCUT2D eigenvalue weighted by Crippen LogP contribution is -2.36. The van der Waals surface area contributed by atoms with E-state index in [4.69, 9.17) is 0 Å². The van der Waals surface area contributed by atoms with Crippen LogP contribution in [-0.2, 0) is 9.59 Å². The van der Waals surface area contributed by atoms with E-state index in [1.54, 1.807) is 36.4 Å². The van der Waals surface area contributed by atoms with Gasteiger partial charge in [0.1, 0.15) is 11.5 Å². The molecule has 0 spiro atoms. The fourth-order valence-corrected chi connectivity index (χ4v) is 4.16. The largest absolute Gasteiger partial charge is 0.328 e. The van der Waals surface area contributed by atoms with Gasteiger partial charge in [-0.25, -0.2) is 9.07 Å². The molecule has 10 heteroatoms. The molecule has 0 saturated heterocycles. The summed E-state index contributed by atoms with van der Waals surface area (Å²) < 4.78 is 16.0. The van der Waals surface area contributed by atoms with Gasteiger partial charge in [-0.05, 0) is 79.2 Å². The molecule has 0 aliphatic rings. The molecule has 172 valence electrons. The van der Waals surface area contributed by atoms with E-state index >= 15 is 0 Å². The van der Waals surface area contributed by atoms with Crippen molar-refractivity contribution < 1.29 is 18.8 Å². The molecule has 4 aromatic rings. The van der Waals surface area contributed by atoms with Gasteiger partial charge >= 0.3 is 11.8 Å². The van der Waals surface area contributed by atoms with Gasteiger partial charge in [0, 0.05) is 25.7 Å². The number of carbonyl (C=O) groups is 3. The van der Waals surface area contributed by atoms with Crippen molar-refractivity contribution in [1.29, 1.82) is 0 Å². The molecule has 0 saturated carbocycles. The van der Waals surface area contributed by atoms with Crippen LogP contribution in [0.15, 0.2) is 75.7 Å². The molecule has 0 radical (unpaired) electrons. The topological polar surface area (TPSA) is 92.2 Å².